The fraction of sp³-hybridized carbons (Fsp3) is 0.833. The molecule has 2 heteroatoms. The van der Waals surface area contributed by atoms with Crippen LogP contribution in [0, 0.1) is 62.2 Å². The van der Waals surface area contributed by atoms with E-state index in [1.54, 1.807) is 0 Å². The molecule has 0 amide bonds. The molecule has 0 aliphatic heterocycles. The van der Waals surface area contributed by atoms with Gasteiger partial charge in [-0.25, -0.2) is 0 Å². The Labute approximate surface area is 92.1 Å². The Morgan fingerprint density at radius 2 is 2.12 bits per heavy atom. The van der Waals surface area contributed by atoms with Crippen LogP contribution in [0.25, 0.3) is 0 Å². The van der Waals surface area contributed by atoms with E-state index in [0.29, 0.717) is 0 Å². The number of hydrogen-bond acceptors (Lipinski definition) is 1. The second kappa shape index (κ2) is 5.34. The molecule has 1 aliphatic rings. The molecule has 0 aromatic carbocycles. The summed E-state index contributed by atoms with van der Waals surface area (Å²) in [5.74, 6) is 1.00. The molecule has 0 bridgehead atoms. The molecule has 1 aliphatic carbocycles. The van der Waals surface area contributed by atoms with Gasteiger partial charge < -0.3 is 12.2 Å². The van der Waals surface area contributed by atoms with Crippen LogP contribution in [0.15, 0.2) is 0 Å². The van der Waals surface area contributed by atoms with Crippen molar-refractivity contribution in [2.45, 2.75) is 12.8 Å². The molecule has 49 valence electrons. The van der Waals surface area contributed by atoms with Gasteiger partial charge in [0.1, 0.15) is 0 Å². The second-order valence-electron chi connectivity index (χ2n) is 2.15. The molecule has 0 aromatic heterocycles. The quantitative estimate of drug-likeness (QED) is 0.731. The molecule has 0 saturated heterocycles. The Balaban J connectivity index is 0.000000490. The minimum Gasteiger partial charge on any atom is -0.346 e. The molecule has 1 N–H and O–H groups in total. The van der Waals surface area contributed by atoms with Crippen LogP contribution >= 0.6 is 0 Å². The van der Waals surface area contributed by atoms with E-state index in [2.05, 4.69) is 12.2 Å². The Kier molecular flexibility index (Phi) is 6.37. The van der Waals surface area contributed by atoms with E-state index in [4.69, 9.17) is 0 Å². The van der Waals surface area contributed by atoms with Gasteiger partial charge in [0.15, 0.2) is 0 Å². The van der Waals surface area contributed by atoms with Crippen LogP contribution < -0.4 is 5.32 Å². The van der Waals surface area contributed by atoms with Crippen LogP contribution in [0.1, 0.15) is 12.8 Å². The summed E-state index contributed by atoms with van der Waals surface area (Å²) in [6.07, 6.45) is 2.88. The van der Waals surface area contributed by atoms with Crippen molar-refractivity contribution < 1.29 is 49.4 Å². The molecule has 0 unspecified atom stereocenters. The SMILES string of the molecule is [CH2-]CNCC1CC1.[Eu]. The summed E-state index contributed by atoms with van der Waals surface area (Å²) in [6.45, 7) is 5.76. The predicted octanol–water partition coefficient (Wildman–Crippen LogP) is 0.820. The first-order valence-electron chi connectivity index (χ1n) is 2.93. The summed E-state index contributed by atoms with van der Waals surface area (Å²) < 4.78 is 0. The van der Waals surface area contributed by atoms with Crippen molar-refractivity contribution in [2.24, 2.45) is 5.92 Å². The second-order valence-corrected chi connectivity index (χ2v) is 2.15. The van der Waals surface area contributed by atoms with Gasteiger partial charge in [0.2, 0.25) is 0 Å². The minimum atomic E-state index is 0. The molecule has 8 heavy (non-hydrogen) atoms. The maximum atomic E-state index is 3.67. The first-order valence-corrected chi connectivity index (χ1v) is 2.93. The summed E-state index contributed by atoms with van der Waals surface area (Å²) in [7, 11) is 0. The average Bonchev–Trinajstić information content (AvgIpc) is 2.42. The third-order valence-corrected chi connectivity index (χ3v) is 1.31. The zero-order chi connectivity index (χ0) is 5.11. The van der Waals surface area contributed by atoms with Gasteiger partial charge in [-0.1, -0.05) is 0 Å². The van der Waals surface area contributed by atoms with Crippen LogP contribution in [0.4, 0.5) is 0 Å². The van der Waals surface area contributed by atoms with Crippen LogP contribution in [-0.2, 0) is 0 Å². The van der Waals surface area contributed by atoms with Crippen LogP contribution in [0.5, 0.6) is 0 Å². The van der Waals surface area contributed by atoms with Crippen LogP contribution in [0.2, 0.25) is 0 Å². The van der Waals surface area contributed by atoms with E-state index < -0.39 is 0 Å². The van der Waals surface area contributed by atoms with Gasteiger partial charge in [-0.05, 0) is 25.3 Å². The van der Waals surface area contributed by atoms with Crippen molar-refractivity contribution in [2.75, 3.05) is 13.1 Å². The third kappa shape index (κ3) is 4.43. The first kappa shape index (κ1) is 9.54. The fourth-order valence-corrected chi connectivity index (χ4v) is 0.628. The van der Waals surface area contributed by atoms with E-state index in [9.17, 15) is 0 Å². The largest absolute Gasteiger partial charge is 0.346 e. The summed E-state index contributed by atoms with van der Waals surface area (Å²) in [6, 6.07) is 0. The maximum absolute atomic E-state index is 3.67. The molecular weight excluding hydrogens is 238 g/mol. The molecule has 1 rings (SSSR count). The van der Waals surface area contributed by atoms with E-state index in [0.717, 1.165) is 12.5 Å². The molecule has 0 atom stereocenters. The van der Waals surface area contributed by atoms with Crippen molar-refractivity contribution >= 4 is 0 Å². The first-order chi connectivity index (χ1) is 3.43. The van der Waals surface area contributed by atoms with E-state index in [1.165, 1.54) is 19.4 Å². The molecule has 0 heterocycles. The van der Waals surface area contributed by atoms with Crippen molar-refractivity contribution in [3.8, 4) is 0 Å². The normalized spacial score (nSPS) is 17.6. The molecule has 1 saturated carbocycles. The fourth-order valence-electron chi connectivity index (χ4n) is 0.628. The molecule has 1 nitrogen and oxygen atoms in total. The summed E-state index contributed by atoms with van der Waals surface area (Å²) in [4.78, 5) is 0. The van der Waals surface area contributed by atoms with E-state index >= 15 is 0 Å². The summed E-state index contributed by atoms with van der Waals surface area (Å²) in [5.41, 5.74) is 0. The van der Waals surface area contributed by atoms with Crippen LogP contribution in [0.3, 0.4) is 0 Å². The number of rotatable bonds is 3. The standard InChI is InChI=1S/C6H12N.Eu/c1-2-7-5-6-3-4-6;/h6-7H,1-5H2;/q-1;. The van der Waals surface area contributed by atoms with Gasteiger partial charge in [0, 0.05) is 49.4 Å². The number of nitrogens with one attached hydrogen (secondary N) is 1. The van der Waals surface area contributed by atoms with Gasteiger partial charge in [-0.2, -0.15) is 0 Å². The third-order valence-electron chi connectivity index (χ3n) is 1.31. The zero-order valence-electron chi connectivity index (χ0n) is 4.99. The van der Waals surface area contributed by atoms with Crippen LogP contribution in [-0.4, -0.2) is 13.1 Å². The smallest absolute Gasteiger partial charge is 0 e. The van der Waals surface area contributed by atoms with Gasteiger partial charge in [0.25, 0.3) is 0 Å². The molecule has 0 spiro atoms. The van der Waals surface area contributed by atoms with Crippen molar-refractivity contribution in [3.05, 3.63) is 6.92 Å². The van der Waals surface area contributed by atoms with E-state index in [-0.39, 0.29) is 49.4 Å². The minimum absolute atomic E-state index is 0. The Morgan fingerprint density at radius 3 is 2.50 bits per heavy atom. The molecular formula is C6H12EuN-. The molecule has 0 aromatic rings. The van der Waals surface area contributed by atoms with Gasteiger partial charge in [-0.15, -0.1) is 6.54 Å². The van der Waals surface area contributed by atoms with Gasteiger partial charge in [-0.3, -0.25) is 0 Å². The predicted molar refractivity (Wildman–Crippen MR) is 31.0 cm³/mol. The van der Waals surface area contributed by atoms with Crippen molar-refractivity contribution in [1.82, 2.24) is 5.32 Å². The Bertz CT molecular complexity index is 52.5. The van der Waals surface area contributed by atoms with Crippen molar-refractivity contribution in [1.29, 1.82) is 0 Å². The maximum Gasteiger partial charge on any atom is 0 e. The summed E-state index contributed by atoms with van der Waals surface area (Å²) in [5, 5.41) is 3.20. The monoisotopic (exact) mass is 251 g/mol. The van der Waals surface area contributed by atoms with Crippen molar-refractivity contribution in [3.63, 3.8) is 0 Å². The Hall–Kier alpha value is 1.54. The Morgan fingerprint density at radius 1 is 1.50 bits per heavy atom. The van der Waals surface area contributed by atoms with Gasteiger partial charge >= 0.3 is 0 Å². The molecule has 1 radical (unpaired) electrons. The summed E-state index contributed by atoms with van der Waals surface area (Å²) >= 11 is 0. The van der Waals surface area contributed by atoms with E-state index in [1.807, 2.05) is 0 Å². The topological polar surface area (TPSA) is 12.0 Å². The van der Waals surface area contributed by atoms with Gasteiger partial charge in [0.05, 0.1) is 0 Å². The number of hydrogen-bond donors (Lipinski definition) is 1. The molecule has 1 fully saturated rings. The average molecular weight is 250 g/mol. The zero-order valence-corrected chi connectivity index (χ0v) is 7.42.